The molecule has 0 aliphatic carbocycles. The molecule has 6 rings (SSSR count). The van der Waals surface area contributed by atoms with Gasteiger partial charge in [0.15, 0.2) is 0 Å². The maximum absolute atomic E-state index is 13.9. The smallest absolute Gasteiger partial charge is 0.254 e. The summed E-state index contributed by atoms with van der Waals surface area (Å²) in [6, 6.07) is 21.0. The predicted molar refractivity (Wildman–Crippen MR) is 164 cm³/mol. The molecule has 3 heterocycles. The van der Waals surface area contributed by atoms with Crippen LogP contribution in [0.2, 0.25) is 0 Å². The fourth-order valence-electron chi connectivity index (χ4n) is 6.53. The van der Waals surface area contributed by atoms with Gasteiger partial charge in [-0.05, 0) is 67.3 Å². The molecule has 0 unspecified atom stereocenters. The Labute approximate surface area is 243 Å². The summed E-state index contributed by atoms with van der Waals surface area (Å²) in [5, 5.41) is 9.50. The van der Waals surface area contributed by atoms with Crippen LogP contribution in [0.3, 0.4) is 0 Å². The highest BCUT2D eigenvalue weighted by atomic mass is 16.2. The third-order valence-corrected chi connectivity index (χ3v) is 8.89. The van der Waals surface area contributed by atoms with Gasteiger partial charge >= 0.3 is 0 Å². The molecule has 0 spiro atoms. The maximum atomic E-state index is 13.9. The van der Waals surface area contributed by atoms with Crippen LogP contribution in [0.1, 0.15) is 45.1 Å². The second-order valence-corrected chi connectivity index (χ2v) is 11.6. The van der Waals surface area contributed by atoms with Crippen molar-refractivity contribution in [3.05, 3.63) is 88.0 Å². The van der Waals surface area contributed by atoms with Crippen LogP contribution in [0.4, 0.5) is 17.1 Å². The van der Waals surface area contributed by atoms with Crippen molar-refractivity contribution in [2.45, 2.75) is 39.9 Å². The van der Waals surface area contributed by atoms with Crippen molar-refractivity contribution in [2.75, 3.05) is 61.0 Å². The molecule has 41 heavy (non-hydrogen) atoms. The number of hydrogen-bond donors (Lipinski definition) is 2. The average molecular weight is 550 g/mol. The first-order valence-corrected chi connectivity index (χ1v) is 14.7. The van der Waals surface area contributed by atoms with Gasteiger partial charge in [-0.15, -0.1) is 0 Å². The highest BCUT2D eigenvalue weighted by Crippen LogP contribution is 2.33. The molecule has 0 saturated carbocycles. The van der Waals surface area contributed by atoms with E-state index in [0.717, 1.165) is 80.4 Å². The number of fused-ring (bicyclic) bond motifs is 1. The Hall–Kier alpha value is -4.06. The number of aryl methyl sites for hydroxylation is 2. The van der Waals surface area contributed by atoms with E-state index < -0.39 is 0 Å². The van der Waals surface area contributed by atoms with Crippen LogP contribution in [0.5, 0.6) is 0 Å². The molecule has 2 N–H and O–H groups in total. The molecule has 1 atom stereocenters. The monoisotopic (exact) mass is 549 g/mol. The largest absolute Gasteiger partial charge is 0.368 e. The molecule has 2 saturated heterocycles. The number of carbonyl (C=O) groups is 1. The van der Waals surface area contributed by atoms with Crippen molar-refractivity contribution in [2.24, 2.45) is 0 Å². The molecule has 3 aliphatic heterocycles. The molecule has 3 aromatic rings. The summed E-state index contributed by atoms with van der Waals surface area (Å²) in [5.41, 5.74) is 16.3. The standard InChI is InChI=1S/C33H39N7O/c1-23-17-24(2)29(18-28(23)22-37-11-13-38(14-12-37)30-9-5-4-7-26(30)19-34)33(41)40-16-15-39(21-25(40)3)31-10-6-8-27-20-35-36-32(27)31/h4-10,17-18,25,35-36H,11-16,20-22H2,1-3H3/t25-/m0/s1. The van der Waals surface area contributed by atoms with Crippen molar-refractivity contribution >= 4 is 23.0 Å². The third kappa shape index (κ3) is 5.35. The van der Waals surface area contributed by atoms with E-state index in [0.29, 0.717) is 6.54 Å². The molecule has 2 fully saturated rings. The van der Waals surface area contributed by atoms with Crippen LogP contribution in [-0.2, 0) is 13.1 Å². The third-order valence-electron chi connectivity index (χ3n) is 8.89. The molecular formula is C33H39N7O. The molecule has 3 aliphatic rings. The van der Waals surface area contributed by atoms with Gasteiger partial charge in [0, 0.05) is 70.5 Å². The van der Waals surface area contributed by atoms with Crippen molar-refractivity contribution < 1.29 is 4.79 Å². The van der Waals surface area contributed by atoms with Gasteiger partial charge in [0.05, 0.1) is 22.6 Å². The van der Waals surface area contributed by atoms with Crippen LogP contribution >= 0.6 is 0 Å². The van der Waals surface area contributed by atoms with Gasteiger partial charge in [-0.1, -0.05) is 30.3 Å². The fourth-order valence-corrected chi connectivity index (χ4v) is 6.53. The van der Waals surface area contributed by atoms with Crippen molar-refractivity contribution in [1.29, 1.82) is 5.26 Å². The lowest BCUT2D eigenvalue weighted by atomic mass is 9.97. The van der Waals surface area contributed by atoms with E-state index in [1.807, 2.05) is 24.3 Å². The number of nitrogens with zero attached hydrogens (tertiary/aromatic N) is 5. The number of piperazine rings is 2. The fraction of sp³-hybridized carbons (Fsp3) is 0.394. The summed E-state index contributed by atoms with van der Waals surface area (Å²) in [7, 11) is 0. The van der Waals surface area contributed by atoms with Crippen LogP contribution in [-0.4, -0.2) is 67.6 Å². The number of hydrogen-bond acceptors (Lipinski definition) is 7. The second kappa shape index (κ2) is 11.4. The average Bonchev–Trinajstić information content (AvgIpc) is 3.48. The minimum Gasteiger partial charge on any atom is -0.368 e. The summed E-state index contributed by atoms with van der Waals surface area (Å²) in [6.45, 7) is 13.9. The normalized spacial score (nSPS) is 19.1. The summed E-state index contributed by atoms with van der Waals surface area (Å²) >= 11 is 0. The molecule has 0 aromatic heterocycles. The van der Waals surface area contributed by atoms with Gasteiger partial charge in [0.25, 0.3) is 5.91 Å². The van der Waals surface area contributed by atoms with E-state index in [4.69, 9.17) is 0 Å². The number of hydrazine groups is 1. The zero-order valence-corrected chi connectivity index (χ0v) is 24.3. The first-order chi connectivity index (χ1) is 19.9. The summed E-state index contributed by atoms with van der Waals surface area (Å²) < 4.78 is 0. The summed E-state index contributed by atoms with van der Waals surface area (Å²) in [6.07, 6.45) is 0. The molecule has 212 valence electrons. The SMILES string of the molecule is Cc1cc(C)c(C(=O)N2CCN(c3cccc4c3NNC4)C[C@@H]2C)cc1CN1CCN(c2ccccc2C#N)CC1. The van der Waals surface area contributed by atoms with Gasteiger partial charge in [-0.25, -0.2) is 5.43 Å². The minimum absolute atomic E-state index is 0.106. The Morgan fingerprint density at radius 1 is 0.927 bits per heavy atom. The highest BCUT2D eigenvalue weighted by Gasteiger charge is 2.31. The van der Waals surface area contributed by atoms with Gasteiger partial charge in [-0.2, -0.15) is 5.26 Å². The number of nitriles is 1. The van der Waals surface area contributed by atoms with E-state index in [1.54, 1.807) is 0 Å². The molecule has 8 nitrogen and oxygen atoms in total. The zero-order chi connectivity index (χ0) is 28.5. The van der Waals surface area contributed by atoms with Crippen molar-refractivity contribution in [1.82, 2.24) is 15.2 Å². The van der Waals surface area contributed by atoms with Crippen molar-refractivity contribution in [3.8, 4) is 6.07 Å². The molecule has 0 bridgehead atoms. The van der Waals surface area contributed by atoms with Crippen LogP contribution in [0, 0.1) is 25.2 Å². The van der Waals surface area contributed by atoms with Crippen molar-refractivity contribution in [3.63, 3.8) is 0 Å². The first kappa shape index (κ1) is 27.1. The Balaban J connectivity index is 1.12. The second-order valence-electron chi connectivity index (χ2n) is 11.6. The lowest BCUT2D eigenvalue weighted by molar-refractivity contribution is 0.0673. The molecule has 3 aromatic carbocycles. The number of rotatable bonds is 5. The number of anilines is 3. The Morgan fingerprint density at radius 2 is 1.68 bits per heavy atom. The number of amides is 1. The zero-order valence-electron chi connectivity index (χ0n) is 24.3. The van der Waals surface area contributed by atoms with Gasteiger partial charge < -0.3 is 20.1 Å². The van der Waals surface area contributed by atoms with Gasteiger partial charge in [-0.3, -0.25) is 9.69 Å². The van der Waals surface area contributed by atoms with Crippen LogP contribution < -0.4 is 20.7 Å². The summed E-state index contributed by atoms with van der Waals surface area (Å²) in [5.74, 6) is 0.131. The van der Waals surface area contributed by atoms with E-state index >= 15 is 0 Å². The minimum atomic E-state index is 0.106. The molecular weight excluding hydrogens is 510 g/mol. The maximum Gasteiger partial charge on any atom is 0.254 e. The lowest BCUT2D eigenvalue weighted by Gasteiger charge is -2.41. The van der Waals surface area contributed by atoms with Gasteiger partial charge in [0.2, 0.25) is 0 Å². The van der Waals surface area contributed by atoms with E-state index in [2.05, 4.69) is 87.6 Å². The van der Waals surface area contributed by atoms with Crippen LogP contribution in [0.15, 0.2) is 54.6 Å². The number of carbonyl (C=O) groups excluding carboxylic acids is 1. The number of benzene rings is 3. The molecule has 0 radical (unpaired) electrons. The van der Waals surface area contributed by atoms with Gasteiger partial charge in [0.1, 0.15) is 6.07 Å². The molecule has 1 amide bonds. The highest BCUT2D eigenvalue weighted by molar-refractivity contribution is 5.96. The number of para-hydroxylation sites is 2. The number of nitrogens with one attached hydrogen (secondary N) is 2. The topological polar surface area (TPSA) is 77.9 Å². The lowest BCUT2D eigenvalue weighted by Crippen LogP contribution is -2.54. The Morgan fingerprint density at radius 3 is 2.46 bits per heavy atom. The first-order valence-electron chi connectivity index (χ1n) is 14.7. The van der Waals surface area contributed by atoms with Crippen LogP contribution in [0.25, 0.3) is 0 Å². The Bertz CT molecular complexity index is 1490. The molecule has 8 heteroatoms. The predicted octanol–water partition coefficient (Wildman–Crippen LogP) is 4.28. The summed E-state index contributed by atoms with van der Waals surface area (Å²) in [4.78, 5) is 23.1. The van der Waals surface area contributed by atoms with E-state index in [-0.39, 0.29) is 11.9 Å². The quantitative estimate of drug-likeness (QED) is 0.492. The Kier molecular flexibility index (Phi) is 7.57. The van der Waals surface area contributed by atoms with E-state index in [1.165, 1.54) is 22.4 Å². The van der Waals surface area contributed by atoms with E-state index in [9.17, 15) is 10.1 Å².